The Balaban J connectivity index is 1.79. The number of hydrogen-bond acceptors (Lipinski definition) is 8. The zero-order chi connectivity index (χ0) is 25.8. The van der Waals surface area contributed by atoms with Crippen LogP contribution < -0.4 is 14.2 Å². The number of rotatable bonds is 8. The highest BCUT2D eigenvalue weighted by Gasteiger charge is 2.46. The molecule has 2 aliphatic heterocycles. The van der Waals surface area contributed by atoms with Crippen molar-refractivity contribution in [1.29, 1.82) is 0 Å². The number of amides is 1. The van der Waals surface area contributed by atoms with Gasteiger partial charge < -0.3 is 29.0 Å². The average molecular weight is 517 g/mol. The van der Waals surface area contributed by atoms with Crippen LogP contribution in [0.1, 0.15) is 17.2 Å². The van der Waals surface area contributed by atoms with Crippen molar-refractivity contribution in [1.82, 2.24) is 9.80 Å². The monoisotopic (exact) mass is 516 g/mol. The van der Waals surface area contributed by atoms with Crippen LogP contribution in [0.2, 0.25) is 5.02 Å². The maximum atomic E-state index is 13.3. The maximum Gasteiger partial charge on any atom is 0.295 e. The van der Waals surface area contributed by atoms with Crippen molar-refractivity contribution in [3.63, 3.8) is 0 Å². The van der Waals surface area contributed by atoms with Crippen LogP contribution in [-0.4, -0.2) is 87.3 Å². The number of carbonyl (C=O) groups is 2. The van der Waals surface area contributed by atoms with Crippen LogP contribution in [0, 0.1) is 0 Å². The number of morpholine rings is 1. The maximum absolute atomic E-state index is 13.3. The van der Waals surface area contributed by atoms with Gasteiger partial charge in [-0.3, -0.25) is 14.5 Å². The minimum absolute atomic E-state index is 0.0181. The van der Waals surface area contributed by atoms with Gasteiger partial charge in [0, 0.05) is 31.7 Å². The molecular weight excluding hydrogens is 488 g/mol. The van der Waals surface area contributed by atoms with E-state index in [1.54, 1.807) is 30.3 Å². The third-order valence-corrected chi connectivity index (χ3v) is 6.74. The molecule has 0 radical (unpaired) electrons. The lowest BCUT2D eigenvalue weighted by atomic mass is 9.95. The Kier molecular flexibility index (Phi) is 8.03. The van der Waals surface area contributed by atoms with Crippen LogP contribution in [0.15, 0.2) is 42.0 Å². The highest BCUT2D eigenvalue weighted by molar-refractivity contribution is 6.46. The quantitative estimate of drug-likeness (QED) is 0.325. The van der Waals surface area contributed by atoms with E-state index in [1.165, 1.54) is 32.3 Å². The van der Waals surface area contributed by atoms with Crippen LogP contribution in [-0.2, 0) is 14.3 Å². The molecule has 2 aromatic rings. The lowest BCUT2D eigenvalue weighted by molar-refractivity contribution is -0.140. The molecule has 2 aliphatic rings. The Morgan fingerprint density at radius 3 is 2.28 bits per heavy atom. The topological polar surface area (TPSA) is 97.8 Å². The van der Waals surface area contributed by atoms with E-state index in [0.29, 0.717) is 54.7 Å². The number of methoxy groups -OCH3 is 3. The summed E-state index contributed by atoms with van der Waals surface area (Å²) in [5.41, 5.74) is 0.892. The molecule has 4 rings (SSSR count). The van der Waals surface area contributed by atoms with Crippen LogP contribution in [0.4, 0.5) is 0 Å². The zero-order valence-electron chi connectivity index (χ0n) is 20.5. The molecule has 1 N–H and O–H groups in total. The number of ether oxygens (including phenoxy) is 4. The molecule has 2 fully saturated rings. The molecule has 10 heteroatoms. The Morgan fingerprint density at radius 1 is 0.972 bits per heavy atom. The van der Waals surface area contributed by atoms with E-state index in [0.717, 1.165) is 13.1 Å². The molecule has 2 aromatic carbocycles. The smallest absolute Gasteiger partial charge is 0.295 e. The van der Waals surface area contributed by atoms with Crippen molar-refractivity contribution in [3.05, 3.63) is 58.1 Å². The fraction of sp³-hybridized carbons (Fsp3) is 0.385. The summed E-state index contributed by atoms with van der Waals surface area (Å²) in [6.45, 7) is 3.59. The molecule has 0 saturated carbocycles. The normalized spacial score (nSPS) is 20.0. The van der Waals surface area contributed by atoms with E-state index >= 15 is 0 Å². The number of aliphatic hydroxyl groups is 1. The largest absolute Gasteiger partial charge is 0.507 e. The SMILES string of the molecule is COc1ccc(/C(O)=C2\C(=O)C(=O)N(CCN3CCOCC3)[C@@H]2c2ccc(OC)c(OC)c2)cc1Cl. The molecule has 192 valence electrons. The van der Waals surface area contributed by atoms with E-state index in [9.17, 15) is 14.7 Å². The Morgan fingerprint density at radius 2 is 1.64 bits per heavy atom. The van der Waals surface area contributed by atoms with Gasteiger partial charge in [-0.1, -0.05) is 17.7 Å². The molecule has 0 aliphatic carbocycles. The van der Waals surface area contributed by atoms with E-state index in [4.69, 9.17) is 30.5 Å². The molecule has 0 unspecified atom stereocenters. The van der Waals surface area contributed by atoms with Gasteiger partial charge in [0.2, 0.25) is 0 Å². The van der Waals surface area contributed by atoms with Crippen molar-refractivity contribution in [2.45, 2.75) is 6.04 Å². The van der Waals surface area contributed by atoms with Gasteiger partial charge in [-0.25, -0.2) is 0 Å². The number of benzene rings is 2. The number of nitrogens with zero attached hydrogens (tertiary/aromatic N) is 2. The summed E-state index contributed by atoms with van der Waals surface area (Å²) in [4.78, 5) is 30.2. The van der Waals surface area contributed by atoms with Gasteiger partial charge in [-0.15, -0.1) is 0 Å². The van der Waals surface area contributed by atoms with Gasteiger partial charge >= 0.3 is 0 Å². The number of carbonyl (C=O) groups excluding carboxylic acids is 2. The fourth-order valence-electron chi connectivity index (χ4n) is 4.52. The Bertz CT molecular complexity index is 1180. The van der Waals surface area contributed by atoms with Gasteiger partial charge in [0.05, 0.1) is 51.2 Å². The number of hydrogen-bond donors (Lipinski definition) is 1. The van der Waals surface area contributed by atoms with Crippen molar-refractivity contribution < 1.29 is 33.6 Å². The molecule has 1 atom stereocenters. The Hall–Kier alpha value is -3.27. The minimum atomic E-state index is -0.827. The van der Waals surface area contributed by atoms with Crippen LogP contribution in [0.3, 0.4) is 0 Å². The first-order valence-corrected chi connectivity index (χ1v) is 11.9. The summed E-state index contributed by atoms with van der Waals surface area (Å²) in [7, 11) is 4.52. The van der Waals surface area contributed by atoms with Crippen LogP contribution in [0.5, 0.6) is 17.2 Å². The number of likely N-dealkylation sites (tertiary alicyclic amines) is 1. The molecule has 9 nitrogen and oxygen atoms in total. The molecule has 1 amide bonds. The molecule has 2 heterocycles. The second-order valence-corrected chi connectivity index (χ2v) is 8.82. The highest BCUT2D eigenvalue weighted by Crippen LogP contribution is 2.42. The van der Waals surface area contributed by atoms with Gasteiger partial charge in [-0.05, 0) is 35.9 Å². The van der Waals surface area contributed by atoms with Crippen molar-refractivity contribution >= 4 is 29.1 Å². The number of ketones is 1. The number of aliphatic hydroxyl groups excluding tert-OH is 1. The minimum Gasteiger partial charge on any atom is -0.507 e. The fourth-order valence-corrected chi connectivity index (χ4v) is 4.78. The van der Waals surface area contributed by atoms with E-state index < -0.39 is 17.7 Å². The van der Waals surface area contributed by atoms with E-state index in [2.05, 4.69) is 4.90 Å². The van der Waals surface area contributed by atoms with Crippen molar-refractivity contribution in [2.24, 2.45) is 0 Å². The third-order valence-electron chi connectivity index (χ3n) is 6.45. The summed E-state index contributed by atoms with van der Waals surface area (Å²) in [6, 6.07) is 9.04. The number of Topliss-reactive ketones (excluding diaryl/α,β-unsaturated/α-hetero) is 1. The first-order valence-electron chi connectivity index (χ1n) is 11.5. The predicted octanol–water partition coefficient (Wildman–Crippen LogP) is 3.12. The van der Waals surface area contributed by atoms with Crippen molar-refractivity contribution in [2.75, 3.05) is 60.7 Å². The summed E-state index contributed by atoms with van der Waals surface area (Å²) in [6.07, 6.45) is 0. The summed E-state index contributed by atoms with van der Waals surface area (Å²) < 4.78 is 21.4. The molecule has 2 saturated heterocycles. The second kappa shape index (κ2) is 11.2. The van der Waals surface area contributed by atoms with Gasteiger partial charge in [0.15, 0.2) is 11.5 Å². The van der Waals surface area contributed by atoms with Gasteiger partial charge in [0.1, 0.15) is 11.5 Å². The molecular formula is C26H29ClN2O7. The summed E-state index contributed by atoms with van der Waals surface area (Å²) in [5.74, 6) is -0.373. The second-order valence-electron chi connectivity index (χ2n) is 8.41. The Labute approximate surface area is 214 Å². The van der Waals surface area contributed by atoms with E-state index in [1.807, 2.05) is 0 Å². The number of halogens is 1. The summed E-state index contributed by atoms with van der Waals surface area (Å²) in [5, 5.41) is 11.6. The molecule has 0 bridgehead atoms. The molecule has 0 spiro atoms. The van der Waals surface area contributed by atoms with Crippen LogP contribution in [0.25, 0.3) is 5.76 Å². The van der Waals surface area contributed by atoms with Gasteiger partial charge in [0.25, 0.3) is 11.7 Å². The van der Waals surface area contributed by atoms with Gasteiger partial charge in [-0.2, -0.15) is 0 Å². The lowest BCUT2D eigenvalue weighted by Gasteiger charge is -2.31. The molecule has 36 heavy (non-hydrogen) atoms. The highest BCUT2D eigenvalue weighted by atomic mass is 35.5. The predicted molar refractivity (Wildman–Crippen MR) is 134 cm³/mol. The van der Waals surface area contributed by atoms with Crippen molar-refractivity contribution in [3.8, 4) is 17.2 Å². The first kappa shape index (κ1) is 25.8. The average Bonchev–Trinajstić information content (AvgIpc) is 3.16. The molecule has 0 aromatic heterocycles. The van der Waals surface area contributed by atoms with Crippen LogP contribution >= 0.6 is 11.6 Å². The first-order chi connectivity index (χ1) is 17.4. The summed E-state index contributed by atoms with van der Waals surface area (Å²) >= 11 is 6.27. The lowest BCUT2D eigenvalue weighted by Crippen LogP contribution is -2.42. The van der Waals surface area contributed by atoms with E-state index in [-0.39, 0.29) is 16.4 Å². The standard InChI is InChI=1S/C26H29ClN2O7/c1-33-19-6-5-17(14-18(19)27)24(30)22-23(16-4-7-20(34-2)21(15-16)35-3)29(26(32)25(22)31)9-8-28-10-12-36-13-11-28/h4-7,14-15,23,30H,8-13H2,1-3H3/b24-22+/t23-/m1/s1. The zero-order valence-corrected chi connectivity index (χ0v) is 21.2. The third kappa shape index (κ3) is 5.00.